The second kappa shape index (κ2) is 6.91. The van der Waals surface area contributed by atoms with Crippen LogP contribution in [0, 0.1) is 5.92 Å². The molecule has 0 bridgehead atoms. The Kier molecular flexibility index (Phi) is 7.19. The minimum atomic E-state index is -2.86. The molecule has 0 saturated carbocycles. The van der Waals surface area contributed by atoms with Gasteiger partial charge in [0.05, 0.1) is 5.75 Å². The summed E-state index contributed by atoms with van der Waals surface area (Å²) in [6, 6.07) is 0. The number of alkyl halides is 2. The lowest BCUT2D eigenvalue weighted by molar-refractivity contribution is 0.576. The number of halogens is 2. The minimum absolute atomic E-state index is 0.120. The maximum absolute atomic E-state index is 11.3. The zero-order valence-corrected chi connectivity index (χ0v) is 10.1. The Morgan fingerprint density at radius 3 is 2.08 bits per heavy atom. The topological polar surface area (TPSA) is 34.1 Å². The van der Waals surface area contributed by atoms with Crippen LogP contribution >= 0.6 is 23.2 Å². The highest BCUT2D eigenvalue weighted by Gasteiger charge is 2.13. The molecule has 0 amide bonds. The van der Waals surface area contributed by atoms with Crippen molar-refractivity contribution in [2.75, 3.05) is 23.3 Å². The van der Waals surface area contributed by atoms with E-state index < -0.39 is 9.84 Å². The molecule has 0 aliphatic rings. The van der Waals surface area contributed by atoms with E-state index in [2.05, 4.69) is 0 Å². The first-order chi connectivity index (χ1) is 6.05. The maximum atomic E-state index is 11.3. The standard InChI is InChI=1S/C8H16Cl2O2S/c1-2-4-13(11,12)5-3-8(6-9)7-10/h8H,2-7H2,1H3. The normalized spacial score (nSPS) is 12.3. The van der Waals surface area contributed by atoms with Crippen LogP contribution in [0.25, 0.3) is 0 Å². The zero-order chi connectivity index (χ0) is 10.3. The van der Waals surface area contributed by atoms with Crippen molar-refractivity contribution >= 4 is 33.0 Å². The molecule has 0 N–H and O–H groups in total. The molecule has 5 heteroatoms. The van der Waals surface area contributed by atoms with Gasteiger partial charge in [-0.05, 0) is 18.8 Å². The molecule has 0 fully saturated rings. The van der Waals surface area contributed by atoms with Crippen molar-refractivity contribution in [1.29, 1.82) is 0 Å². The predicted molar refractivity (Wildman–Crippen MR) is 58.5 cm³/mol. The molecule has 0 spiro atoms. The van der Waals surface area contributed by atoms with Crippen LogP contribution in [-0.4, -0.2) is 31.7 Å². The molecule has 0 atom stereocenters. The Morgan fingerprint density at radius 1 is 1.15 bits per heavy atom. The summed E-state index contributed by atoms with van der Waals surface area (Å²) in [6.45, 7) is 1.86. The maximum Gasteiger partial charge on any atom is 0.150 e. The summed E-state index contributed by atoms with van der Waals surface area (Å²) in [6.07, 6.45) is 1.25. The van der Waals surface area contributed by atoms with Gasteiger partial charge < -0.3 is 0 Å². The van der Waals surface area contributed by atoms with Crippen molar-refractivity contribution in [2.24, 2.45) is 5.92 Å². The number of rotatable bonds is 7. The van der Waals surface area contributed by atoms with Crippen LogP contribution in [0.2, 0.25) is 0 Å². The summed E-state index contributed by atoms with van der Waals surface area (Å²) in [7, 11) is -2.86. The van der Waals surface area contributed by atoms with Crippen molar-refractivity contribution in [1.82, 2.24) is 0 Å². The molecule has 2 nitrogen and oxygen atoms in total. The van der Waals surface area contributed by atoms with Crippen LogP contribution in [-0.2, 0) is 9.84 Å². The molecule has 0 aromatic heterocycles. The molecule has 0 aliphatic carbocycles. The van der Waals surface area contributed by atoms with Crippen LogP contribution in [0.15, 0.2) is 0 Å². The molecule has 13 heavy (non-hydrogen) atoms. The molecule has 0 radical (unpaired) electrons. The van der Waals surface area contributed by atoms with Gasteiger partial charge in [-0.3, -0.25) is 0 Å². The average Bonchev–Trinajstić information content (AvgIpc) is 2.06. The Hall–Kier alpha value is 0.530. The molecular weight excluding hydrogens is 231 g/mol. The number of hydrogen-bond donors (Lipinski definition) is 0. The van der Waals surface area contributed by atoms with Crippen LogP contribution in [0.5, 0.6) is 0 Å². The van der Waals surface area contributed by atoms with Gasteiger partial charge >= 0.3 is 0 Å². The van der Waals surface area contributed by atoms with Gasteiger partial charge in [0.25, 0.3) is 0 Å². The Labute approximate surface area is 90.5 Å². The van der Waals surface area contributed by atoms with Gasteiger partial charge in [0.15, 0.2) is 0 Å². The SMILES string of the molecule is CCCS(=O)(=O)CCC(CCl)CCl. The summed E-state index contributed by atoms with van der Waals surface area (Å²) in [5.41, 5.74) is 0. The zero-order valence-electron chi connectivity index (χ0n) is 7.80. The van der Waals surface area contributed by atoms with E-state index >= 15 is 0 Å². The summed E-state index contributed by atoms with van der Waals surface area (Å²) in [5.74, 6) is 1.47. The highest BCUT2D eigenvalue weighted by atomic mass is 35.5. The van der Waals surface area contributed by atoms with Crippen molar-refractivity contribution < 1.29 is 8.42 Å². The van der Waals surface area contributed by atoms with E-state index in [-0.39, 0.29) is 17.4 Å². The summed E-state index contributed by atoms with van der Waals surface area (Å²) in [4.78, 5) is 0. The van der Waals surface area contributed by atoms with E-state index in [1.54, 1.807) is 0 Å². The van der Waals surface area contributed by atoms with Gasteiger partial charge in [0.1, 0.15) is 9.84 Å². The van der Waals surface area contributed by atoms with Gasteiger partial charge in [-0.25, -0.2) is 8.42 Å². The lowest BCUT2D eigenvalue weighted by Gasteiger charge is -2.09. The van der Waals surface area contributed by atoms with Gasteiger partial charge in [-0.2, -0.15) is 0 Å². The fraction of sp³-hybridized carbons (Fsp3) is 1.00. The molecule has 80 valence electrons. The van der Waals surface area contributed by atoms with Gasteiger partial charge in [0, 0.05) is 17.5 Å². The second-order valence-electron chi connectivity index (χ2n) is 3.12. The molecule has 0 aliphatic heterocycles. The Bertz CT molecular complexity index is 210. The highest BCUT2D eigenvalue weighted by molar-refractivity contribution is 7.91. The monoisotopic (exact) mass is 246 g/mol. The first-order valence-corrected chi connectivity index (χ1v) is 7.27. The summed E-state index contributed by atoms with van der Waals surface area (Å²) < 4.78 is 22.6. The van der Waals surface area contributed by atoms with Gasteiger partial charge in [-0.1, -0.05) is 6.92 Å². The molecule has 0 rings (SSSR count). The van der Waals surface area contributed by atoms with E-state index in [4.69, 9.17) is 23.2 Å². The van der Waals surface area contributed by atoms with Gasteiger partial charge in [0.2, 0.25) is 0 Å². The molecule has 0 heterocycles. The van der Waals surface area contributed by atoms with E-state index in [0.29, 0.717) is 24.6 Å². The van der Waals surface area contributed by atoms with Crippen molar-refractivity contribution in [3.63, 3.8) is 0 Å². The van der Waals surface area contributed by atoms with E-state index in [1.165, 1.54) is 0 Å². The third-order valence-electron chi connectivity index (χ3n) is 1.79. The molecule has 0 aromatic carbocycles. The van der Waals surface area contributed by atoms with Crippen LogP contribution in [0.4, 0.5) is 0 Å². The number of sulfone groups is 1. The Morgan fingerprint density at radius 2 is 1.69 bits per heavy atom. The highest BCUT2D eigenvalue weighted by Crippen LogP contribution is 2.10. The first-order valence-electron chi connectivity index (χ1n) is 4.38. The largest absolute Gasteiger partial charge is 0.229 e. The van der Waals surface area contributed by atoms with E-state index in [1.807, 2.05) is 6.92 Å². The molecule has 0 aromatic rings. The van der Waals surface area contributed by atoms with Gasteiger partial charge in [-0.15, -0.1) is 23.2 Å². The fourth-order valence-corrected chi connectivity index (χ4v) is 3.11. The lowest BCUT2D eigenvalue weighted by atomic mass is 10.2. The third kappa shape index (κ3) is 6.58. The summed E-state index contributed by atoms with van der Waals surface area (Å²) in [5, 5.41) is 0. The van der Waals surface area contributed by atoms with E-state index in [0.717, 1.165) is 0 Å². The quantitative estimate of drug-likeness (QED) is 0.647. The van der Waals surface area contributed by atoms with Crippen molar-refractivity contribution in [2.45, 2.75) is 19.8 Å². The average molecular weight is 247 g/mol. The van der Waals surface area contributed by atoms with Crippen molar-refractivity contribution in [3.8, 4) is 0 Å². The molecule has 0 unspecified atom stereocenters. The third-order valence-corrected chi connectivity index (χ3v) is 4.55. The fourth-order valence-electron chi connectivity index (χ4n) is 0.955. The second-order valence-corrected chi connectivity index (χ2v) is 6.04. The first kappa shape index (κ1) is 13.5. The minimum Gasteiger partial charge on any atom is -0.229 e. The van der Waals surface area contributed by atoms with Crippen LogP contribution in [0.1, 0.15) is 19.8 Å². The summed E-state index contributed by atoms with van der Waals surface area (Å²) >= 11 is 11.2. The van der Waals surface area contributed by atoms with Crippen molar-refractivity contribution in [3.05, 3.63) is 0 Å². The predicted octanol–water partition coefficient (Wildman–Crippen LogP) is 2.30. The Balaban J connectivity index is 3.86. The van der Waals surface area contributed by atoms with E-state index in [9.17, 15) is 8.42 Å². The molecule has 0 saturated heterocycles. The van der Waals surface area contributed by atoms with Crippen LogP contribution < -0.4 is 0 Å². The lowest BCUT2D eigenvalue weighted by Crippen LogP contribution is -2.15. The number of hydrogen-bond acceptors (Lipinski definition) is 2. The van der Waals surface area contributed by atoms with Crippen LogP contribution in [0.3, 0.4) is 0 Å². The smallest absolute Gasteiger partial charge is 0.150 e. The molecular formula is C8H16Cl2O2S.